The quantitative estimate of drug-likeness (QED) is 0.331. The predicted molar refractivity (Wildman–Crippen MR) is 139 cm³/mol. The number of fused-ring (bicyclic) bond motifs is 1. The molecule has 4 rings (SSSR count). The number of nitrogens with zero attached hydrogens (tertiary/aromatic N) is 3. The maximum absolute atomic E-state index is 12.8. The van der Waals surface area contributed by atoms with Crippen LogP contribution in [0.2, 0.25) is 0 Å². The standard InChI is InChI=1S/C24H28F3N5O4S2/c1-23(2,3)36-22(33)31-38(34)35-14-15-7-8-17(11-15)29-20-9-10-28-21-13-19(30-32(20)21)16-5-4-6-18(12-16)37-24(25,26)27/h4-6,9-10,12-13,15,17,29H,7-8,11,14H2,1-3H3,(H,31,33)/t15-,17?,38?/m1/s1. The molecule has 14 heteroatoms. The van der Waals surface area contributed by atoms with Gasteiger partial charge in [0.2, 0.25) is 0 Å². The summed E-state index contributed by atoms with van der Waals surface area (Å²) in [7, 11) is 0. The van der Waals surface area contributed by atoms with Gasteiger partial charge in [-0.15, -0.1) is 0 Å². The first-order valence-corrected chi connectivity index (χ1v) is 13.8. The van der Waals surface area contributed by atoms with Gasteiger partial charge in [-0.2, -0.15) is 22.8 Å². The Morgan fingerprint density at radius 1 is 1.21 bits per heavy atom. The normalized spacial score (nSPS) is 18.9. The number of halogens is 3. The van der Waals surface area contributed by atoms with Crippen LogP contribution in [0, 0.1) is 5.92 Å². The molecule has 9 nitrogen and oxygen atoms in total. The van der Waals surface area contributed by atoms with E-state index in [9.17, 15) is 22.2 Å². The van der Waals surface area contributed by atoms with Crippen molar-refractivity contribution in [2.75, 3.05) is 11.9 Å². The molecule has 38 heavy (non-hydrogen) atoms. The third kappa shape index (κ3) is 8.08. The van der Waals surface area contributed by atoms with Crippen molar-refractivity contribution in [3.05, 3.63) is 42.6 Å². The predicted octanol–water partition coefficient (Wildman–Crippen LogP) is 5.71. The molecular formula is C24H28F3N5O4S2. The van der Waals surface area contributed by atoms with Crippen LogP contribution in [0.15, 0.2) is 47.5 Å². The molecule has 1 saturated carbocycles. The molecular weight excluding hydrogens is 543 g/mol. The third-order valence-electron chi connectivity index (χ3n) is 5.59. The van der Waals surface area contributed by atoms with Crippen LogP contribution >= 0.6 is 11.8 Å². The summed E-state index contributed by atoms with van der Waals surface area (Å²) in [6, 6.07) is 9.74. The summed E-state index contributed by atoms with van der Waals surface area (Å²) in [5.41, 5.74) is -3.46. The number of amides is 1. The van der Waals surface area contributed by atoms with Gasteiger partial charge in [-0.1, -0.05) is 12.1 Å². The SMILES string of the molecule is CC(C)(C)OC(=O)NS(=O)OC[C@@H]1CCC(Nc2ccnc3cc(-c4cccc(SC(F)(F)F)c4)nn23)C1. The van der Waals surface area contributed by atoms with Crippen LogP contribution in [0.4, 0.5) is 23.8 Å². The molecule has 2 aromatic heterocycles. The van der Waals surface area contributed by atoms with Gasteiger partial charge in [0.25, 0.3) is 11.3 Å². The number of rotatable bonds is 8. The van der Waals surface area contributed by atoms with Crippen LogP contribution in [-0.2, 0) is 20.2 Å². The fourth-order valence-corrected chi connectivity index (χ4v) is 5.27. The van der Waals surface area contributed by atoms with Crippen LogP contribution in [0.25, 0.3) is 16.9 Å². The van der Waals surface area contributed by atoms with Crippen LogP contribution in [0.3, 0.4) is 0 Å². The van der Waals surface area contributed by atoms with Crippen molar-refractivity contribution in [1.29, 1.82) is 0 Å². The molecule has 1 aliphatic carbocycles. The van der Waals surface area contributed by atoms with E-state index < -0.39 is 28.5 Å². The Bertz CT molecular complexity index is 1310. The summed E-state index contributed by atoms with van der Waals surface area (Å²) in [5, 5.41) is 8.03. The van der Waals surface area contributed by atoms with Gasteiger partial charge in [0.05, 0.1) is 12.3 Å². The average Bonchev–Trinajstić information content (AvgIpc) is 3.43. The highest BCUT2D eigenvalue weighted by atomic mass is 32.2. The summed E-state index contributed by atoms with van der Waals surface area (Å²) in [5.74, 6) is 0.833. The number of carbonyl (C=O) groups excluding carboxylic acids is 1. The van der Waals surface area contributed by atoms with Gasteiger partial charge in [-0.3, -0.25) is 4.18 Å². The zero-order valence-electron chi connectivity index (χ0n) is 20.9. The van der Waals surface area contributed by atoms with Crippen LogP contribution in [-0.4, -0.2) is 48.7 Å². The Hall–Kier alpha value is -2.84. The molecule has 3 aromatic rings. The number of carbonyl (C=O) groups is 1. The first-order chi connectivity index (χ1) is 17.8. The van der Waals surface area contributed by atoms with Gasteiger partial charge in [0, 0.05) is 28.8 Å². The zero-order chi connectivity index (χ0) is 27.5. The fraction of sp³-hybridized carbons (Fsp3) is 0.458. The highest BCUT2D eigenvalue weighted by Crippen LogP contribution is 2.38. The van der Waals surface area contributed by atoms with Crippen molar-refractivity contribution < 1.29 is 31.1 Å². The van der Waals surface area contributed by atoms with E-state index in [4.69, 9.17) is 8.92 Å². The Morgan fingerprint density at radius 3 is 2.74 bits per heavy atom. The van der Waals surface area contributed by atoms with Gasteiger partial charge in [0.15, 0.2) is 5.65 Å². The molecule has 0 radical (unpaired) electrons. The summed E-state index contributed by atoms with van der Waals surface area (Å²) < 4.78 is 64.5. The number of nitrogens with one attached hydrogen (secondary N) is 2. The molecule has 206 valence electrons. The average molecular weight is 572 g/mol. The summed E-state index contributed by atoms with van der Waals surface area (Å²) >= 11 is -2.17. The molecule has 0 saturated heterocycles. The first kappa shape index (κ1) is 28.2. The number of alkyl halides is 3. The largest absolute Gasteiger partial charge is 0.446 e. The highest BCUT2D eigenvalue weighted by Gasteiger charge is 2.29. The second-order valence-electron chi connectivity index (χ2n) is 9.85. The van der Waals surface area contributed by atoms with E-state index in [-0.39, 0.29) is 35.2 Å². The minimum atomic E-state index is -4.37. The van der Waals surface area contributed by atoms with Crippen molar-refractivity contribution in [2.45, 2.75) is 62.1 Å². The van der Waals surface area contributed by atoms with E-state index >= 15 is 0 Å². The lowest BCUT2D eigenvalue weighted by atomic mass is 10.1. The Balaban J connectivity index is 1.35. The molecule has 3 atom stereocenters. The van der Waals surface area contributed by atoms with Gasteiger partial charge in [0.1, 0.15) is 11.4 Å². The summed E-state index contributed by atoms with van der Waals surface area (Å²) in [6.07, 6.45) is 3.25. The number of thioether (sulfide) groups is 1. The van der Waals surface area contributed by atoms with Crippen LogP contribution in [0.5, 0.6) is 0 Å². The molecule has 0 bridgehead atoms. The van der Waals surface area contributed by atoms with E-state index in [1.807, 2.05) is 0 Å². The molecule has 1 fully saturated rings. The Labute approximate surface area is 224 Å². The lowest BCUT2D eigenvalue weighted by Crippen LogP contribution is -2.34. The van der Waals surface area contributed by atoms with Gasteiger partial charge in [-0.05, 0) is 75.9 Å². The van der Waals surface area contributed by atoms with Crippen molar-refractivity contribution >= 4 is 40.6 Å². The topological polar surface area (TPSA) is 107 Å². The fourth-order valence-electron chi connectivity index (χ4n) is 4.12. The van der Waals surface area contributed by atoms with E-state index in [1.54, 1.807) is 55.7 Å². The zero-order valence-corrected chi connectivity index (χ0v) is 22.6. The van der Waals surface area contributed by atoms with Gasteiger partial charge >= 0.3 is 11.6 Å². The van der Waals surface area contributed by atoms with E-state index in [2.05, 4.69) is 20.1 Å². The van der Waals surface area contributed by atoms with Crippen molar-refractivity contribution in [3.8, 4) is 11.3 Å². The van der Waals surface area contributed by atoms with Gasteiger partial charge < -0.3 is 10.1 Å². The molecule has 0 spiro atoms. The first-order valence-electron chi connectivity index (χ1n) is 11.9. The minimum absolute atomic E-state index is 0.0832. The van der Waals surface area contributed by atoms with Gasteiger partial charge in [-0.25, -0.2) is 18.7 Å². The molecule has 2 N–H and O–H groups in total. The van der Waals surface area contributed by atoms with E-state index in [0.717, 1.165) is 19.3 Å². The second-order valence-corrected chi connectivity index (χ2v) is 11.9. The molecule has 2 unspecified atom stereocenters. The lowest BCUT2D eigenvalue weighted by Gasteiger charge is -2.19. The summed E-state index contributed by atoms with van der Waals surface area (Å²) in [6.45, 7) is 5.33. The van der Waals surface area contributed by atoms with E-state index in [0.29, 0.717) is 22.7 Å². The van der Waals surface area contributed by atoms with Crippen LogP contribution in [0.1, 0.15) is 40.0 Å². The van der Waals surface area contributed by atoms with Crippen molar-refractivity contribution in [1.82, 2.24) is 19.3 Å². The number of anilines is 1. The Morgan fingerprint density at radius 2 is 2.00 bits per heavy atom. The number of benzene rings is 1. The maximum atomic E-state index is 12.8. The number of ether oxygens (including phenoxy) is 1. The smallest absolute Gasteiger partial charge is 0.443 e. The van der Waals surface area contributed by atoms with E-state index in [1.165, 1.54) is 12.1 Å². The molecule has 1 aromatic carbocycles. The molecule has 0 aliphatic heterocycles. The maximum Gasteiger partial charge on any atom is 0.446 e. The number of hydrogen-bond acceptors (Lipinski definition) is 8. The third-order valence-corrected chi connectivity index (χ3v) is 7.00. The molecule has 1 aliphatic rings. The minimum Gasteiger partial charge on any atom is -0.443 e. The lowest BCUT2D eigenvalue weighted by molar-refractivity contribution is -0.0328. The highest BCUT2D eigenvalue weighted by molar-refractivity contribution is 8.00. The summed E-state index contributed by atoms with van der Waals surface area (Å²) in [4.78, 5) is 16.1. The second kappa shape index (κ2) is 11.5. The Kier molecular flexibility index (Phi) is 8.52. The monoisotopic (exact) mass is 571 g/mol. The van der Waals surface area contributed by atoms with Crippen molar-refractivity contribution in [2.24, 2.45) is 5.92 Å². The van der Waals surface area contributed by atoms with Crippen LogP contribution < -0.4 is 10.0 Å². The molecule has 1 amide bonds. The van der Waals surface area contributed by atoms with Crippen molar-refractivity contribution in [3.63, 3.8) is 0 Å². The molecule has 2 heterocycles. The number of aromatic nitrogens is 3. The number of hydrogen-bond donors (Lipinski definition) is 2.